The molecule has 0 rings (SSSR count). The summed E-state index contributed by atoms with van der Waals surface area (Å²) in [5.74, 6) is 0. The lowest BCUT2D eigenvalue weighted by Gasteiger charge is -2.44. The maximum Gasteiger partial charge on any atom is 0.189 e. The minimum Gasteiger partial charge on any atom is -0.252 e. The lowest BCUT2D eigenvalue weighted by Crippen LogP contribution is -2.31. The average molecular weight is 328 g/mol. The molecule has 0 aliphatic heterocycles. The molecule has 19 heavy (non-hydrogen) atoms. The van der Waals surface area contributed by atoms with Crippen LogP contribution in [0.25, 0.3) is 0 Å². The molecule has 0 atom stereocenters. The van der Waals surface area contributed by atoms with E-state index < -0.39 is 14.0 Å². The number of nitrogens with zero attached hydrogens (tertiary/aromatic N) is 6. The predicted octanol–water partition coefficient (Wildman–Crippen LogP) is 1.97. The van der Waals surface area contributed by atoms with Crippen LogP contribution in [0.15, 0.2) is 4.52 Å². The van der Waals surface area contributed by atoms with Crippen molar-refractivity contribution >= 4 is 25.8 Å². The topological polar surface area (TPSA) is 28.6 Å². The van der Waals surface area contributed by atoms with Gasteiger partial charge in [-0.25, -0.2) is 0 Å². The fourth-order valence-electron chi connectivity index (χ4n) is 1.99. The minimum atomic E-state index is -2.10. The van der Waals surface area contributed by atoms with Gasteiger partial charge in [-0.3, -0.25) is 23.4 Å². The normalized spacial score (nSPS) is 14.3. The second kappa shape index (κ2) is 7.10. The van der Waals surface area contributed by atoms with Gasteiger partial charge in [0, 0.05) is 0 Å². The molecule has 116 valence electrons. The maximum atomic E-state index is 5.90. The van der Waals surface area contributed by atoms with Gasteiger partial charge in [0.1, 0.15) is 0 Å². The van der Waals surface area contributed by atoms with Crippen LogP contribution in [0.3, 0.4) is 0 Å². The van der Waals surface area contributed by atoms with Crippen molar-refractivity contribution in [1.82, 2.24) is 23.4 Å². The highest BCUT2D eigenvalue weighted by Gasteiger charge is 2.34. The Labute approximate surface area is 124 Å². The summed E-state index contributed by atoms with van der Waals surface area (Å²) in [4.78, 5) is 0. The van der Waals surface area contributed by atoms with Crippen molar-refractivity contribution < 1.29 is 0 Å². The molecular formula is C10H30N6P2S. The van der Waals surface area contributed by atoms with Crippen molar-refractivity contribution in [3.8, 4) is 0 Å². The zero-order valence-electron chi connectivity index (χ0n) is 14.0. The molecule has 0 saturated heterocycles. The summed E-state index contributed by atoms with van der Waals surface area (Å²) in [7, 11) is 18.5. The van der Waals surface area contributed by atoms with Crippen molar-refractivity contribution in [2.24, 2.45) is 4.52 Å². The summed E-state index contributed by atoms with van der Waals surface area (Å²) in [6.45, 7) is -2.10. The van der Waals surface area contributed by atoms with E-state index in [1.54, 1.807) is 0 Å². The van der Waals surface area contributed by atoms with E-state index in [4.69, 9.17) is 16.3 Å². The molecule has 0 amide bonds. The molecule has 0 bridgehead atoms. The lowest BCUT2D eigenvalue weighted by molar-refractivity contribution is 0.473. The molecule has 6 nitrogen and oxygen atoms in total. The van der Waals surface area contributed by atoms with Crippen LogP contribution in [0.5, 0.6) is 0 Å². The van der Waals surface area contributed by atoms with Crippen LogP contribution in [0.1, 0.15) is 0 Å². The highest BCUT2D eigenvalue weighted by atomic mass is 32.4. The molecule has 0 saturated carbocycles. The molecule has 9 heteroatoms. The van der Waals surface area contributed by atoms with Crippen LogP contribution in [0.2, 0.25) is 0 Å². The fraction of sp³-hybridized carbons (Fsp3) is 1.00. The van der Waals surface area contributed by atoms with E-state index in [-0.39, 0.29) is 0 Å². The smallest absolute Gasteiger partial charge is 0.189 e. The van der Waals surface area contributed by atoms with E-state index in [0.29, 0.717) is 0 Å². The summed E-state index contributed by atoms with van der Waals surface area (Å²) < 4.78 is 15.9. The Morgan fingerprint density at radius 3 is 1.00 bits per heavy atom. The molecule has 0 fully saturated rings. The minimum absolute atomic E-state index is 1.95. The molecule has 0 spiro atoms. The summed E-state index contributed by atoms with van der Waals surface area (Å²) in [5.41, 5.74) is 0. The summed E-state index contributed by atoms with van der Waals surface area (Å²) >= 11 is 5.90. The molecule has 0 heterocycles. The second-order valence-electron chi connectivity index (χ2n) is 5.38. The third-order valence-corrected chi connectivity index (χ3v) is 12.7. The zero-order chi connectivity index (χ0) is 15.6. The third-order valence-electron chi connectivity index (χ3n) is 2.89. The first-order valence-corrected chi connectivity index (χ1v) is 10.3. The molecule has 0 aromatic rings. The van der Waals surface area contributed by atoms with Gasteiger partial charge in [0.15, 0.2) is 14.0 Å². The Balaban J connectivity index is 6.29. The average Bonchev–Trinajstić information content (AvgIpc) is 2.23. The van der Waals surface area contributed by atoms with Gasteiger partial charge < -0.3 is 0 Å². The van der Waals surface area contributed by atoms with Gasteiger partial charge in [0.05, 0.1) is 0 Å². The Bertz CT molecular complexity index is 351. The van der Waals surface area contributed by atoms with Crippen LogP contribution < -0.4 is 0 Å². The number of hydrogen-bond donors (Lipinski definition) is 0. The van der Waals surface area contributed by atoms with E-state index in [1.807, 2.05) is 28.2 Å². The van der Waals surface area contributed by atoms with E-state index >= 15 is 0 Å². The van der Waals surface area contributed by atoms with Gasteiger partial charge in [0.25, 0.3) is 0 Å². The second-order valence-corrected chi connectivity index (χ2v) is 13.7. The first-order chi connectivity index (χ1) is 8.42. The Kier molecular flexibility index (Phi) is 7.35. The molecule has 0 aromatic carbocycles. The molecule has 0 unspecified atom stereocenters. The number of hydrogen-bond acceptors (Lipinski definition) is 1. The fourth-order valence-corrected chi connectivity index (χ4v) is 10.2. The Hall–Kier alpha value is 0.680. The van der Waals surface area contributed by atoms with Gasteiger partial charge in [-0.05, 0) is 82.3 Å². The largest absolute Gasteiger partial charge is 0.252 e. The van der Waals surface area contributed by atoms with Gasteiger partial charge in [-0.1, -0.05) is 0 Å². The molecule has 0 aromatic heterocycles. The first kappa shape index (κ1) is 19.7. The van der Waals surface area contributed by atoms with Crippen molar-refractivity contribution in [3.05, 3.63) is 0 Å². The van der Waals surface area contributed by atoms with E-state index in [1.165, 1.54) is 0 Å². The quantitative estimate of drug-likeness (QED) is 0.693. The number of rotatable bonds is 6. The zero-order valence-corrected chi connectivity index (χ0v) is 16.6. The molecule has 0 N–H and O–H groups in total. The van der Waals surface area contributed by atoms with Crippen LogP contribution in [0.4, 0.5) is 0 Å². The summed E-state index contributed by atoms with van der Waals surface area (Å²) in [5, 5.41) is 0. The molecule has 0 aliphatic rings. The van der Waals surface area contributed by atoms with Crippen LogP contribution in [-0.2, 0) is 11.8 Å². The van der Waals surface area contributed by atoms with Crippen molar-refractivity contribution in [3.63, 3.8) is 0 Å². The highest BCUT2D eigenvalue weighted by molar-refractivity contribution is 8.12. The monoisotopic (exact) mass is 328 g/mol. The van der Waals surface area contributed by atoms with E-state index in [0.717, 1.165) is 0 Å². The summed E-state index contributed by atoms with van der Waals surface area (Å²) in [6, 6.07) is 0. The Morgan fingerprint density at radius 2 is 0.842 bits per heavy atom. The SMILES string of the molecule is CN(C)P(=S)(N=P(N(C)C)(N(C)C)N(C)C)N(C)C. The van der Waals surface area contributed by atoms with Crippen LogP contribution >= 0.6 is 14.0 Å². The van der Waals surface area contributed by atoms with Gasteiger partial charge >= 0.3 is 0 Å². The molecular weight excluding hydrogens is 298 g/mol. The molecule has 0 aliphatic carbocycles. The van der Waals surface area contributed by atoms with Gasteiger partial charge in [-0.15, -0.1) is 0 Å². The van der Waals surface area contributed by atoms with E-state index in [2.05, 4.69) is 65.6 Å². The standard InChI is InChI=1S/C10H30N6P2S/c1-12(2)17(13(3)4,14(5)6)11-18(19,15(7)8)16(9)10/h1-10H3. The third kappa shape index (κ3) is 3.86. The Morgan fingerprint density at radius 1 is 0.579 bits per heavy atom. The maximum absolute atomic E-state index is 5.90. The van der Waals surface area contributed by atoms with Gasteiger partial charge in [0.2, 0.25) is 0 Å². The van der Waals surface area contributed by atoms with Crippen molar-refractivity contribution in [2.45, 2.75) is 0 Å². The van der Waals surface area contributed by atoms with Crippen molar-refractivity contribution in [2.75, 3.05) is 70.5 Å². The van der Waals surface area contributed by atoms with Crippen molar-refractivity contribution in [1.29, 1.82) is 0 Å². The lowest BCUT2D eigenvalue weighted by atomic mass is 11.2. The van der Waals surface area contributed by atoms with Crippen LogP contribution in [0, 0.1) is 0 Å². The van der Waals surface area contributed by atoms with E-state index in [9.17, 15) is 0 Å². The predicted molar refractivity (Wildman–Crippen MR) is 92.1 cm³/mol. The molecule has 0 radical (unpaired) electrons. The van der Waals surface area contributed by atoms with Gasteiger partial charge in [-0.2, -0.15) is 4.52 Å². The summed E-state index contributed by atoms with van der Waals surface area (Å²) in [6.07, 6.45) is 0. The highest BCUT2D eigenvalue weighted by Crippen LogP contribution is 2.66. The first-order valence-electron chi connectivity index (χ1n) is 6.05. The van der Waals surface area contributed by atoms with Crippen LogP contribution in [-0.4, -0.2) is 93.8 Å².